The zero-order valence-corrected chi connectivity index (χ0v) is 11.2. The van der Waals surface area contributed by atoms with Gasteiger partial charge in [0.15, 0.2) is 5.82 Å². The highest BCUT2D eigenvalue weighted by atomic mass is 16.2. The highest BCUT2D eigenvalue weighted by Gasteiger charge is 2.14. The Kier molecular flexibility index (Phi) is 3.37. The predicted molar refractivity (Wildman–Crippen MR) is 71.3 cm³/mol. The van der Waals surface area contributed by atoms with E-state index in [-0.39, 0.29) is 5.91 Å². The molecule has 0 radical (unpaired) electrons. The van der Waals surface area contributed by atoms with Gasteiger partial charge in [0.25, 0.3) is 5.91 Å². The summed E-state index contributed by atoms with van der Waals surface area (Å²) in [7, 11) is 1.69. The van der Waals surface area contributed by atoms with Crippen LogP contribution in [0.1, 0.15) is 16.2 Å². The van der Waals surface area contributed by atoms with Crippen LogP contribution in [0.25, 0.3) is 5.82 Å². The zero-order valence-electron chi connectivity index (χ0n) is 11.2. The molecule has 3 aromatic heterocycles. The third kappa shape index (κ3) is 2.76. The Balaban J connectivity index is 1.72. The van der Waals surface area contributed by atoms with Crippen molar-refractivity contribution in [2.24, 2.45) is 0 Å². The number of nitrogens with zero attached hydrogens (tertiary/aromatic N) is 7. The van der Waals surface area contributed by atoms with Crippen molar-refractivity contribution in [1.29, 1.82) is 0 Å². The third-order valence-electron chi connectivity index (χ3n) is 2.85. The highest BCUT2D eigenvalue weighted by molar-refractivity contribution is 5.93. The fourth-order valence-electron chi connectivity index (χ4n) is 1.80. The largest absolute Gasteiger partial charge is 0.334 e. The number of hydrogen-bond acceptors (Lipinski definition) is 6. The molecule has 0 saturated carbocycles. The maximum absolute atomic E-state index is 12.3. The summed E-state index contributed by atoms with van der Waals surface area (Å²) in [6.07, 6.45) is 5.88. The van der Waals surface area contributed by atoms with Crippen molar-refractivity contribution in [3.63, 3.8) is 0 Å². The lowest BCUT2D eigenvalue weighted by molar-refractivity contribution is 0.0781. The van der Waals surface area contributed by atoms with E-state index in [0.717, 1.165) is 0 Å². The summed E-state index contributed by atoms with van der Waals surface area (Å²) in [5.41, 5.74) is 0.487. The number of hydrogen-bond donors (Lipinski definition) is 1. The van der Waals surface area contributed by atoms with Gasteiger partial charge in [0, 0.05) is 13.2 Å². The molecule has 1 amide bonds. The molecular formula is C12H12N8O. The van der Waals surface area contributed by atoms with Gasteiger partial charge in [-0.05, 0) is 12.1 Å². The van der Waals surface area contributed by atoms with E-state index >= 15 is 0 Å². The van der Waals surface area contributed by atoms with Crippen LogP contribution in [0, 0.1) is 0 Å². The van der Waals surface area contributed by atoms with Crippen LogP contribution in [0.15, 0.2) is 37.3 Å². The van der Waals surface area contributed by atoms with Gasteiger partial charge in [-0.15, -0.1) is 0 Å². The summed E-state index contributed by atoms with van der Waals surface area (Å²) in [6.45, 7) is 0.351. The van der Waals surface area contributed by atoms with Crippen LogP contribution >= 0.6 is 0 Å². The van der Waals surface area contributed by atoms with Crippen molar-refractivity contribution in [3.05, 3.63) is 48.7 Å². The van der Waals surface area contributed by atoms with E-state index in [4.69, 9.17) is 0 Å². The van der Waals surface area contributed by atoms with Gasteiger partial charge in [-0.2, -0.15) is 10.2 Å². The molecule has 3 heterocycles. The molecule has 0 bridgehead atoms. The van der Waals surface area contributed by atoms with E-state index in [9.17, 15) is 4.79 Å². The molecule has 0 spiro atoms. The molecule has 3 rings (SSSR count). The average molecular weight is 284 g/mol. The topological polar surface area (TPSA) is 105 Å². The first-order valence-electron chi connectivity index (χ1n) is 6.15. The predicted octanol–water partition coefficient (Wildman–Crippen LogP) is 0.0526. The molecule has 0 atom stereocenters. The number of rotatable bonds is 4. The average Bonchev–Trinajstić information content (AvgIpc) is 3.20. The van der Waals surface area contributed by atoms with Gasteiger partial charge < -0.3 is 4.90 Å². The van der Waals surface area contributed by atoms with Gasteiger partial charge >= 0.3 is 0 Å². The van der Waals surface area contributed by atoms with Crippen molar-refractivity contribution in [3.8, 4) is 5.82 Å². The Morgan fingerprint density at radius 1 is 1.33 bits per heavy atom. The minimum absolute atomic E-state index is 0.149. The van der Waals surface area contributed by atoms with Crippen LogP contribution in [-0.2, 0) is 6.54 Å². The Hall–Kier alpha value is -3.10. The summed E-state index contributed by atoms with van der Waals surface area (Å²) >= 11 is 0. The molecule has 3 aromatic rings. The first-order chi connectivity index (χ1) is 10.2. The first-order valence-corrected chi connectivity index (χ1v) is 6.15. The number of pyridine rings is 1. The molecule has 0 unspecified atom stereocenters. The normalized spacial score (nSPS) is 10.5. The Bertz CT molecular complexity index is 704. The number of aromatic amines is 1. The lowest BCUT2D eigenvalue weighted by atomic mass is 10.2. The van der Waals surface area contributed by atoms with Crippen molar-refractivity contribution >= 4 is 5.91 Å². The summed E-state index contributed by atoms with van der Waals surface area (Å²) in [4.78, 5) is 25.8. The number of nitrogens with one attached hydrogen (secondary N) is 1. The highest BCUT2D eigenvalue weighted by Crippen LogP contribution is 2.07. The van der Waals surface area contributed by atoms with E-state index < -0.39 is 0 Å². The van der Waals surface area contributed by atoms with Crippen LogP contribution in [0.2, 0.25) is 0 Å². The van der Waals surface area contributed by atoms with Gasteiger partial charge in [-0.3, -0.25) is 9.89 Å². The summed E-state index contributed by atoms with van der Waals surface area (Å²) in [6, 6.07) is 3.41. The van der Waals surface area contributed by atoms with E-state index in [0.29, 0.717) is 23.8 Å². The molecule has 0 aliphatic heterocycles. The number of carbonyl (C=O) groups excluding carboxylic acids is 1. The van der Waals surface area contributed by atoms with Crippen molar-refractivity contribution in [1.82, 2.24) is 39.8 Å². The molecule has 0 aromatic carbocycles. The molecule has 21 heavy (non-hydrogen) atoms. The van der Waals surface area contributed by atoms with Gasteiger partial charge in [-0.1, -0.05) is 0 Å². The van der Waals surface area contributed by atoms with Gasteiger partial charge in [-0.25, -0.2) is 19.6 Å². The van der Waals surface area contributed by atoms with Crippen LogP contribution in [-0.4, -0.2) is 52.8 Å². The monoisotopic (exact) mass is 284 g/mol. The zero-order chi connectivity index (χ0) is 14.7. The van der Waals surface area contributed by atoms with E-state index in [1.807, 2.05) is 0 Å². The Morgan fingerprint density at radius 2 is 2.24 bits per heavy atom. The second kappa shape index (κ2) is 5.49. The Morgan fingerprint density at radius 3 is 2.86 bits per heavy atom. The molecule has 0 fully saturated rings. The quantitative estimate of drug-likeness (QED) is 0.725. The van der Waals surface area contributed by atoms with E-state index in [2.05, 4.69) is 30.2 Å². The molecule has 1 N–H and O–H groups in total. The second-order valence-electron chi connectivity index (χ2n) is 4.34. The van der Waals surface area contributed by atoms with Crippen LogP contribution in [0.4, 0.5) is 0 Å². The van der Waals surface area contributed by atoms with Crippen LogP contribution in [0.5, 0.6) is 0 Å². The summed E-state index contributed by atoms with van der Waals surface area (Å²) < 4.78 is 1.52. The minimum Gasteiger partial charge on any atom is -0.334 e. The summed E-state index contributed by atoms with van der Waals surface area (Å²) in [5, 5.41) is 10.4. The maximum Gasteiger partial charge on any atom is 0.255 e. The van der Waals surface area contributed by atoms with E-state index in [1.54, 1.807) is 25.5 Å². The minimum atomic E-state index is -0.149. The third-order valence-corrected chi connectivity index (χ3v) is 2.85. The number of aromatic nitrogens is 7. The summed E-state index contributed by atoms with van der Waals surface area (Å²) in [5.74, 6) is 1.07. The maximum atomic E-state index is 12.3. The number of amides is 1. The molecule has 0 aliphatic carbocycles. The lowest BCUT2D eigenvalue weighted by Gasteiger charge is -2.15. The SMILES string of the molecule is CN(Cc1ncn[nH]1)C(=O)c1ccc(-n2cncn2)nc1. The smallest absolute Gasteiger partial charge is 0.255 e. The van der Waals surface area contributed by atoms with Gasteiger partial charge in [0.05, 0.1) is 12.1 Å². The van der Waals surface area contributed by atoms with Crippen LogP contribution < -0.4 is 0 Å². The van der Waals surface area contributed by atoms with Crippen molar-refractivity contribution in [2.75, 3.05) is 7.05 Å². The second-order valence-corrected chi connectivity index (χ2v) is 4.34. The van der Waals surface area contributed by atoms with Gasteiger partial charge in [0.2, 0.25) is 0 Å². The Labute approximate surface area is 119 Å². The first kappa shape index (κ1) is 12.9. The van der Waals surface area contributed by atoms with Crippen molar-refractivity contribution < 1.29 is 4.79 Å². The number of carbonyl (C=O) groups is 1. The van der Waals surface area contributed by atoms with Crippen LogP contribution in [0.3, 0.4) is 0 Å². The standard InChI is InChI=1S/C12H12N8O/c1-19(5-10-15-7-16-18-10)12(21)9-2-3-11(14-4-9)20-8-13-6-17-20/h2-4,6-8H,5H2,1H3,(H,15,16,18). The molecule has 0 saturated heterocycles. The fraction of sp³-hybridized carbons (Fsp3) is 0.167. The molecular weight excluding hydrogens is 272 g/mol. The van der Waals surface area contributed by atoms with E-state index in [1.165, 1.54) is 28.4 Å². The molecule has 106 valence electrons. The molecule has 9 heteroatoms. The molecule has 0 aliphatic rings. The van der Waals surface area contributed by atoms with Crippen molar-refractivity contribution in [2.45, 2.75) is 6.54 Å². The molecule has 9 nitrogen and oxygen atoms in total. The lowest BCUT2D eigenvalue weighted by Crippen LogP contribution is -2.26. The fourth-order valence-corrected chi connectivity index (χ4v) is 1.80. The number of H-pyrrole nitrogens is 1. The van der Waals surface area contributed by atoms with Gasteiger partial charge in [0.1, 0.15) is 24.8 Å².